The topological polar surface area (TPSA) is 43.4 Å². The Morgan fingerprint density at radius 1 is 1.11 bits per heavy atom. The summed E-state index contributed by atoms with van der Waals surface area (Å²) in [5.74, 6) is -0.269. The average molecular weight is 345 g/mol. The molecule has 0 saturated heterocycles. The third-order valence-electron chi connectivity index (χ3n) is 2.37. The predicted molar refractivity (Wildman–Crippen MR) is 73.7 cm³/mol. The van der Waals surface area contributed by atoms with Gasteiger partial charge in [-0.3, -0.25) is 0 Å². The fraction of sp³-hybridized carbons (Fsp3) is 0.0769. The SMILES string of the molecule is CS(=O)(=O)c1ccc(Oc2ccc(Br)cc2)c(F)c1. The second-order valence-corrected chi connectivity index (χ2v) is 6.85. The highest BCUT2D eigenvalue weighted by Gasteiger charge is 2.12. The van der Waals surface area contributed by atoms with Gasteiger partial charge in [0.15, 0.2) is 21.4 Å². The summed E-state index contributed by atoms with van der Waals surface area (Å²) in [7, 11) is -3.42. The smallest absolute Gasteiger partial charge is 0.175 e. The first-order valence-corrected chi connectivity index (χ1v) is 7.98. The van der Waals surface area contributed by atoms with E-state index in [4.69, 9.17) is 4.74 Å². The Hall–Kier alpha value is -1.40. The molecule has 3 nitrogen and oxygen atoms in total. The maximum atomic E-state index is 13.7. The minimum atomic E-state index is -3.42. The molecule has 0 N–H and O–H groups in total. The Balaban J connectivity index is 2.29. The zero-order chi connectivity index (χ0) is 14.0. The highest BCUT2D eigenvalue weighted by Crippen LogP contribution is 2.27. The molecular formula is C13H10BrFO3S. The second-order valence-electron chi connectivity index (χ2n) is 3.92. The van der Waals surface area contributed by atoms with Crippen LogP contribution in [-0.4, -0.2) is 14.7 Å². The predicted octanol–water partition coefficient (Wildman–Crippen LogP) is 3.78. The molecule has 2 aromatic rings. The lowest BCUT2D eigenvalue weighted by atomic mass is 10.3. The Morgan fingerprint density at radius 3 is 2.26 bits per heavy atom. The Labute approximate surface area is 119 Å². The molecule has 100 valence electrons. The molecule has 2 rings (SSSR count). The van der Waals surface area contributed by atoms with Crippen LogP contribution in [0.1, 0.15) is 0 Å². The standard InChI is InChI=1S/C13H10BrFO3S/c1-19(16,17)11-6-7-13(12(15)8-11)18-10-4-2-9(14)3-5-10/h2-8H,1H3. The van der Waals surface area contributed by atoms with E-state index in [2.05, 4.69) is 15.9 Å². The summed E-state index contributed by atoms with van der Waals surface area (Å²) in [6, 6.07) is 10.4. The van der Waals surface area contributed by atoms with Gasteiger partial charge in [-0.15, -0.1) is 0 Å². The number of rotatable bonds is 3. The highest BCUT2D eigenvalue weighted by atomic mass is 79.9. The zero-order valence-corrected chi connectivity index (χ0v) is 12.3. The van der Waals surface area contributed by atoms with Crippen LogP contribution in [0.25, 0.3) is 0 Å². The Kier molecular flexibility index (Phi) is 3.91. The highest BCUT2D eigenvalue weighted by molar-refractivity contribution is 9.10. The largest absolute Gasteiger partial charge is 0.454 e. The monoisotopic (exact) mass is 344 g/mol. The first-order chi connectivity index (χ1) is 8.86. The van der Waals surface area contributed by atoms with E-state index in [1.165, 1.54) is 12.1 Å². The minimum absolute atomic E-state index is 0.0188. The van der Waals surface area contributed by atoms with Crippen molar-refractivity contribution in [1.29, 1.82) is 0 Å². The van der Waals surface area contributed by atoms with Gasteiger partial charge in [0.2, 0.25) is 0 Å². The minimum Gasteiger partial charge on any atom is -0.454 e. The summed E-state index contributed by atoms with van der Waals surface area (Å²) >= 11 is 3.28. The average Bonchev–Trinajstić information content (AvgIpc) is 2.33. The van der Waals surface area contributed by atoms with Crippen LogP contribution in [0, 0.1) is 5.82 Å². The van der Waals surface area contributed by atoms with E-state index < -0.39 is 15.7 Å². The maximum Gasteiger partial charge on any atom is 0.175 e. The molecule has 0 fully saturated rings. The molecule has 0 saturated carbocycles. The summed E-state index contributed by atoms with van der Waals surface area (Å²) in [5.41, 5.74) is 0. The van der Waals surface area contributed by atoms with Gasteiger partial charge in [0.05, 0.1) is 4.90 Å². The molecule has 19 heavy (non-hydrogen) atoms. The summed E-state index contributed by atoms with van der Waals surface area (Å²) in [5, 5.41) is 0. The van der Waals surface area contributed by atoms with Crippen molar-refractivity contribution in [3.05, 3.63) is 52.8 Å². The summed E-state index contributed by atoms with van der Waals surface area (Å²) in [6.45, 7) is 0. The van der Waals surface area contributed by atoms with Gasteiger partial charge in [0, 0.05) is 10.7 Å². The Morgan fingerprint density at radius 2 is 1.74 bits per heavy atom. The van der Waals surface area contributed by atoms with Crippen molar-refractivity contribution >= 4 is 25.8 Å². The fourth-order valence-corrected chi connectivity index (χ4v) is 2.32. The van der Waals surface area contributed by atoms with Crippen molar-refractivity contribution in [3.8, 4) is 11.5 Å². The van der Waals surface area contributed by atoms with Gasteiger partial charge in [0.25, 0.3) is 0 Å². The molecule has 0 bridgehead atoms. The molecular weight excluding hydrogens is 335 g/mol. The molecule has 2 aromatic carbocycles. The van der Waals surface area contributed by atoms with Crippen LogP contribution in [0.2, 0.25) is 0 Å². The molecule has 0 heterocycles. The molecule has 0 atom stereocenters. The van der Waals surface area contributed by atoms with Crippen molar-refractivity contribution < 1.29 is 17.5 Å². The van der Waals surface area contributed by atoms with E-state index in [0.29, 0.717) is 5.75 Å². The van der Waals surface area contributed by atoms with Crippen LogP contribution in [0.4, 0.5) is 4.39 Å². The first-order valence-electron chi connectivity index (χ1n) is 5.29. The number of halogens is 2. The molecule has 0 aromatic heterocycles. The van der Waals surface area contributed by atoms with E-state index >= 15 is 0 Å². The molecule has 0 aliphatic carbocycles. The van der Waals surface area contributed by atoms with Gasteiger partial charge >= 0.3 is 0 Å². The van der Waals surface area contributed by atoms with Gasteiger partial charge in [-0.1, -0.05) is 15.9 Å². The number of hydrogen-bond donors (Lipinski definition) is 0. The van der Waals surface area contributed by atoms with Crippen LogP contribution >= 0.6 is 15.9 Å². The molecule has 0 amide bonds. The van der Waals surface area contributed by atoms with Gasteiger partial charge < -0.3 is 4.74 Å². The third kappa shape index (κ3) is 3.54. The van der Waals surface area contributed by atoms with Crippen molar-refractivity contribution in [1.82, 2.24) is 0 Å². The van der Waals surface area contributed by atoms with E-state index in [-0.39, 0.29) is 10.6 Å². The molecule has 0 aliphatic heterocycles. The zero-order valence-electron chi connectivity index (χ0n) is 9.93. The lowest BCUT2D eigenvalue weighted by Crippen LogP contribution is -1.98. The molecule has 0 spiro atoms. The summed E-state index contributed by atoms with van der Waals surface area (Å²) in [4.78, 5) is -0.0758. The summed E-state index contributed by atoms with van der Waals surface area (Å²) in [6.07, 6.45) is 1.02. The van der Waals surface area contributed by atoms with Gasteiger partial charge in [0.1, 0.15) is 5.75 Å². The first kappa shape index (κ1) is 14.0. The second kappa shape index (κ2) is 5.30. The molecule has 0 radical (unpaired) electrons. The van der Waals surface area contributed by atoms with Crippen LogP contribution in [0.5, 0.6) is 11.5 Å². The number of sulfone groups is 1. The van der Waals surface area contributed by atoms with Crippen molar-refractivity contribution in [2.24, 2.45) is 0 Å². The van der Waals surface area contributed by atoms with Crippen LogP contribution in [0.15, 0.2) is 51.8 Å². The van der Waals surface area contributed by atoms with E-state index in [1.807, 2.05) is 0 Å². The van der Waals surface area contributed by atoms with Crippen LogP contribution < -0.4 is 4.74 Å². The fourth-order valence-electron chi connectivity index (χ4n) is 1.42. The lowest BCUT2D eigenvalue weighted by molar-refractivity contribution is 0.440. The van der Waals surface area contributed by atoms with Gasteiger partial charge in [-0.2, -0.15) is 0 Å². The summed E-state index contributed by atoms with van der Waals surface area (Å²) < 4.78 is 42.5. The Bertz CT molecular complexity index is 696. The number of hydrogen-bond acceptors (Lipinski definition) is 3. The number of benzene rings is 2. The van der Waals surface area contributed by atoms with Crippen LogP contribution in [-0.2, 0) is 9.84 Å². The molecule has 0 unspecified atom stereocenters. The third-order valence-corrected chi connectivity index (χ3v) is 4.01. The van der Waals surface area contributed by atoms with Crippen LogP contribution in [0.3, 0.4) is 0 Å². The maximum absolute atomic E-state index is 13.7. The quantitative estimate of drug-likeness (QED) is 0.850. The van der Waals surface area contributed by atoms with Gasteiger partial charge in [-0.25, -0.2) is 12.8 Å². The van der Waals surface area contributed by atoms with E-state index in [9.17, 15) is 12.8 Å². The van der Waals surface area contributed by atoms with Crippen molar-refractivity contribution in [2.75, 3.05) is 6.26 Å². The van der Waals surface area contributed by atoms with E-state index in [1.54, 1.807) is 24.3 Å². The van der Waals surface area contributed by atoms with Crippen molar-refractivity contribution in [2.45, 2.75) is 4.90 Å². The molecule has 6 heteroatoms. The van der Waals surface area contributed by atoms with Crippen molar-refractivity contribution in [3.63, 3.8) is 0 Å². The van der Waals surface area contributed by atoms with E-state index in [0.717, 1.165) is 16.8 Å². The molecule has 0 aliphatic rings. The van der Waals surface area contributed by atoms with Gasteiger partial charge in [-0.05, 0) is 42.5 Å². The lowest BCUT2D eigenvalue weighted by Gasteiger charge is -2.07. The normalized spacial score (nSPS) is 11.3. The number of ether oxygens (including phenoxy) is 1.